The van der Waals surface area contributed by atoms with Gasteiger partial charge in [0.25, 0.3) is 0 Å². The van der Waals surface area contributed by atoms with Crippen LogP contribution in [0.25, 0.3) is 0 Å². The molecule has 0 fully saturated rings. The van der Waals surface area contributed by atoms with Gasteiger partial charge in [-0.2, -0.15) is 0 Å². The molecular weight excluding hydrogens is 296 g/mol. The molecule has 0 bridgehead atoms. The number of aromatic nitrogens is 1. The van der Waals surface area contributed by atoms with Crippen LogP contribution in [0.1, 0.15) is 53.1 Å². The molecule has 2 aromatic rings. The second kappa shape index (κ2) is 7.03. The van der Waals surface area contributed by atoms with Crippen LogP contribution in [-0.2, 0) is 12.8 Å². The molecule has 2 nitrogen and oxygen atoms in total. The molecule has 1 aliphatic rings. The third-order valence-corrected chi connectivity index (χ3v) is 5.97. The number of rotatable bonds is 6. The lowest BCUT2D eigenvalue weighted by molar-refractivity contribution is 0.472. The molecule has 0 radical (unpaired) electrons. The monoisotopic (exact) mass is 320 g/mol. The van der Waals surface area contributed by atoms with Crippen molar-refractivity contribution in [1.29, 1.82) is 0 Å². The van der Waals surface area contributed by atoms with E-state index in [1.54, 1.807) is 4.88 Å². The average molecular weight is 321 g/mol. The molecule has 2 aromatic heterocycles. The molecule has 1 atom stereocenters. The van der Waals surface area contributed by atoms with Crippen molar-refractivity contribution in [2.75, 3.05) is 13.1 Å². The van der Waals surface area contributed by atoms with Crippen LogP contribution in [0.5, 0.6) is 0 Å². The predicted molar refractivity (Wildman–Crippen MR) is 92.6 cm³/mol. The number of thiophene rings is 1. The number of thiazole rings is 1. The number of hydrogen-bond acceptors (Lipinski definition) is 4. The Hall–Kier alpha value is -0.710. The largest absolute Gasteiger partial charge is 0.316 e. The fraction of sp³-hybridized carbons (Fsp3) is 0.588. The zero-order chi connectivity index (χ0) is 14.7. The van der Waals surface area contributed by atoms with Crippen LogP contribution in [0.2, 0.25) is 0 Å². The van der Waals surface area contributed by atoms with Crippen molar-refractivity contribution in [3.8, 4) is 0 Å². The van der Waals surface area contributed by atoms with Gasteiger partial charge in [-0.15, -0.1) is 22.7 Å². The van der Waals surface area contributed by atoms with Gasteiger partial charge in [-0.1, -0.05) is 19.9 Å². The molecule has 0 spiro atoms. The predicted octanol–water partition coefficient (Wildman–Crippen LogP) is 4.46. The fourth-order valence-electron chi connectivity index (χ4n) is 2.94. The van der Waals surface area contributed by atoms with Crippen LogP contribution < -0.4 is 5.32 Å². The summed E-state index contributed by atoms with van der Waals surface area (Å²) in [6.45, 7) is 6.73. The summed E-state index contributed by atoms with van der Waals surface area (Å²) >= 11 is 3.78. The van der Waals surface area contributed by atoms with E-state index in [2.05, 4.69) is 36.7 Å². The van der Waals surface area contributed by atoms with Gasteiger partial charge in [0.1, 0.15) is 0 Å². The Labute approximate surface area is 135 Å². The molecular formula is C17H24N2S2. The molecule has 0 amide bonds. The minimum absolute atomic E-state index is 0.626. The molecule has 2 heterocycles. The van der Waals surface area contributed by atoms with Gasteiger partial charge in [-0.3, -0.25) is 0 Å². The summed E-state index contributed by atoms with van der Waals surface area (Å²) in [5, 5.41) is 7.08. The Kier molecular flexibility index (Phi) is 5.09. The second-order valence-corrected chi connectivity index (χ2v) is 8.51. The van der Waals surface area contributed by atoms with Gasteiger partial charge in [0.2, 0.25) is 0 Å². The van der Waals surface area contributed by atoms with Crippen LogP contribution in [0.3, 0.4) is 0 Å². The van der Waals surface area contributed by atoms with Crippen molar-refractivity contribution >= 4 is 22.7 Å². The molecule has 1 N–H and O–H groups in total. The average Bonchev–Trinajstić information content (AvgIpc) is 3.08. The number of fused-ring (bicyclic) bond motifs is 1. The first-order chi connectivity index (χ1) is 10.2. The summed E-state index contributed by atoms with van der Waals surface area (Å²) < 4.78 is 0. The van der Waals surface area contributed by atoms with Gasteiger partial charge in [-0.25, -0.2) is 4.98 Å². The van der Waals surface area contributed by atoms with Crippen molar-refractivity contribution in [3.63, 3.8) is 0 Å². The minimum atomic E-state index is 0.626. The summed E-state index contributed by atoms with van der Waals surface area (Å²) in [5.41, 5.74) is 1.40. The van der Waals surface area contributed by atoms with Crippen molar-refractivity contribution in [2.24, 2.45) is 5.92 Å². The molecule has 0 aliphatic heterocycles. The Morgan fingerprint density at radius 1 is 1.43 bits per heavy atom. The van der Waals surface area contributed by atoms with Gasteiger partial charge < -0.3 is 5.32 Å². The second-order valence-electron chi connectivity index (χ2n) is 6.31. The lowest BCUT2D eigenvalue weighted by Gasteiger charge is -2.22. The van der Waals surface area contributed by atoms with E-state index in [9.17, 15) is 0 Å². The highest BCUT2D eigenvalue weighted by Crippen LogP contribution is 2.35. The van der Waals surface area contributed by atoms with Crippen molar-refractivity contribution in [2.45, 2.75) is 45.4 Å². The Morgan fingerprint density at radius 3 is 3.10 bits per heavy atom. The summed E-state index contributed by atoms with van der Waals surface area (Å²) in [6, 6.07) is 4.35. The molecule has 0 saturated heterocycles. The van der Waals surface area contributed by atoms with E-state index in [4.69, 9.17) is 4.98 Å². The Morgan fingerprint density at radius 2 is 2.33 bits per heavy atom. The van der Waals surface area contributed by atoms with Crippen molar-refractivity contribution in [1.82, 2.24) is 10.3 Å². The zero-order valence-electron chi connectivity index (χ0n) is 12.9. The van der Waals surface area contributed by atoms with E-state index < -0.39 is 0 Å². The van der Waals surface area contributed by atoms with Gasteiger partial charge >= 0.3 is 0 Å². The smallest absolute Gasteiger partial charge is 0.0983 e. The summed E-state index contributed by atoms with van der Waals surface area (Å²) in [6.07, 6.45) is 4.86. The molecule has 0 aromatic carbocycles. The standard InChI is InChI=1S/C17H24N2S2/c1-12(2)10-18-11-13-5-3-7-15-17(13)19-16(21-15)9-14-6-4-8-20-14/h4,6,8,12-13,18H,3,5,7,9-11H2,1-2H3. The number of nitrogens with zero attached hydrogens (tertiary/aromatic N) is 1. The van der Waals surface area contributed by atoms with Crippen molar-refractivity contribution < 1.29 is 0 Å². The summed E-state index contributed by atoms with van der Waals surface area (Å²) in [7, 11) is 0. The molecule has 114 valence electrons. The number of nitrogens with one attached hydrogen (secondary N) is 1. The Bertz CT molecular complexity index is 557. The summed E-state index contributed by atoms with van der Waals surface area (Å²) in [4.78, 5) is 7.96. The van der Waals surface area contributed by atoms with Crippen molar-refractivity contribution in [3.05, 3.63) is 38.0 Å². The van der Waals surface area contributed by atoms with E-state index >= 15 is 0 Å². The zero-order valence-corrected chi connectivity index (χ0v) is 14.5. The number of aryl methyl sites for hydroxylation is 1. The quantitative estimate of drug-likeness (QED) is 0.850. The fourth-order valence-corrected chi connectivity index (χ4v) is 4.96. The maximum absolute atomic E-state index is 4.99. The van der Waals surface area contributed by atoms with Gasteiger partial charge in [-0.05, 0) is 43.2 Å². The van der Waals surface area contributed by atoms with Crippen LogP contribution >= 0.6 is 22.7 Å². The maximum atomic E-state index is 4.99. The highest BCUT2D eigenvalue weighted by atomic mass is 32.1. The number of hydrogen-bond donors (Lipinski definition) is 1. The SMILES string of the molecule is CC(C)CNCC1CCCc2sc(Cc3cccs3)nc21. The lowest BCUT2D eigenvalue weighted by Crippen LogP contribution is -2.27. The first kappa shape index (κ1) is 15.2. The molecule has 4 heteroatoms. The van der Waals surface area contributed by atoms with Gasteiger partial charge in [0, 0.05) is 28.6 Å². The minimum Gasteiger partial charge on any atom is -0.316 e. The molecule has 21 heavy (non-hydrogen) atoms. The third-order valence-electron chi connectivity index (χ3n) is 3.96. The van der Waals surface area contributed by atoms with Crippen LogP contribution in [0, 0.1) is 5.92 Å². The molecule has 3 rings (SSSR count). The molecule has 1 aliphatic carbocycles. The van der Waals surface area contributed by atoms with Gasteiger partial charge in [0.05, 0.1) is 10.7 Å². The van der Waals surface area contributed by atoms with Crippen LogP contribution in [-0.4, -0.2) is 18.1 Å². The highest BCUT2D eigenvalue weighted by Gasteiger charge is 2.24. The van der Waals surface area contributed by atoms with Crippen LogP contribution in [0.4, 0.5) is 0 Å². The lowest BCUT2D eigenvalue weighted by atomic mass is 9.91. The first-order valence-electron chi connectivity index (χ1n) is 7.94. The third kappa shape index (κ3) is 3.93. The highest BCUT2D eigenvalue weighted by molar-refractivity contribution is 7.12. The van der Waals surface area contributed by atoms with E-state index in [1.165, 1.54) is 34.8 Å². The van der Waals surface area contributed by atoms with E-state index in [0.29, 0.717) is 5.92 Å². The molecule has 1 unspecified atom stereocenters. The van der Waals surface area contributed by atoms with Crippen LogP contribution in [0.15, 0.2) is 17.5 Å². The topological polar surface area (TPSA) is 24.9 Å². The molecule has 0 saturated carbocycles. The summed E-state index contributed by atoms with van der Waals surface area (Å²) in [5.74, 6) is 1.35. The normalized spacial score (nSPS) is 18.1. The van der Waals surface area contributed by atoms with E-state index in [1.807, 2.05) is 22.7 Å². The van der Waals surface area contributed by atoms with E-state index in [0.717, 1.165) is 25.4 Å². The Balaban J connectivity index is 1.67. The first-order valence-corrected chi connectivity index (χ1v) is 9.63. The van der Waals surface area contributed by atoms with E-state index in [-0.39, 0.29) is 0 Å². The maximum Gasteiger partial charge on any atom is 0.0983 e. The van der Waals surface area contributed by atoms with Gasteiger partial charge in [0.15, 0.2) is 0 Å².